The molecule has 0 aliphatic carbocycles. The van der Waals surface area contributed by atoms with Crippen molar-refractivity contribution in [1.82, 2.24) is 5.32 Å². The highest BCUT2D eigenvalue weighted by Crippen LogP contribution is 2.18. The second-order valence-electron chi connectivity index (χ2n) is 22.8. The van der Waals surface area contributed by atoms with Crippen molar-refractivity contribution in [3.8, 4) is 0 Å². The fraction of sp³-hybridized carbons (Fsp3) is 0.910. The predicted molar refractivity (Wildman–Crippen MR) is 320 cm³/mol. The van der Waals surface area contributed by atoms with Crippen molar-refractivity contribution in [3.05, 3.63) is 24.3 Å². The summed E-state index contributed by atoms with van der Waals surface area (Å²) in [5.41, 5.74) is 0. The molecule has 3 N–H and O–H groups in total. The van der Waals surface area contributed by atoms with Crippen LogP contribution in [0.5, 0.6) is 0 Å². The number of carbonyl (C=O) groups is 2. The fourth-order valence-electron chi connectivity index (χ4n) is 10.4. The number of esters is 1. The summed E-state index contributed by atoms with van der Waals surface area (Å²) in [6.07, 6.45) is 77.8. The zero-order chi connectivity index (χ0) is 52.9. The van der Waals surface area contributed by atoms with Crippen LogP contribution >= 0.6 is 0 Å². The second-order valence-corrected chi connectivity index (χ2v) is 22.8. The van der Waals surface area contributed by atoms with Crippen molar-refractivity contribution in [3.63, 3.8) is 0 Å². The third kappa shape index (κ3) is 59.4. The zero-order valence-corrected chi connectivity index (χ0v) is 49.4. The molecule has 0 fully saturated rings. The molecule has 73 heavy (non-hydrogen) atoms. The summed E-state index contributed by atoms with van der Waals surface area (Å²) in [4.78, 5) is 24.5. The molecule has 0 aromatic heterocycles. The van der Waals surface area contributed by atoms with Gasteiger partial charge in [-0.05, 0) is 57.8 Å². The number of nitrogens with one attached hydrogen (secondary N) is 1. The van der Waals surface area contributed by atoms with Crippen LogP contribution in [0.1, 0.15) is 367 Å². The van der Waals surface area contributed by atoms with E-state index in [-0.39, 0.29) is 18.5 Å². The van der Waals surface area contributed by atoms with Gasteiger partial charge in [-0.3, -0.25) is 9.59 Å². The SMILES string of the molecule is CCCCCCCCCCCCCCCCCCCCC(O)C(CO)NC(=O)CCCCCCCCCCCCC/C=C\C/C=C\CCCCCCCCCCCOC(=O)CCCCCCCCCCCCC. The van der Waals surface area contributed by atoms with Gasteiger partial charge in [0.2, 0.25) is 5.91 Å². The van der Waals surface area contributed by atoms with E-state index in [2.05, 4.69) is 43.5 Å². The van der Waals surface area contributed by atoms with E-state index in [1.54, 1.807) is 0 Å². The van der Waals surface area contributed by atoms with Crippen molar-refractivity contribution < 1.29 is 24.5 Å². The molecule has 0 aliphatic heterocycles. The van der Waals surface area contributed by atoms with Gasteiger partial charge in [0.1, 0.15) is 0 Å². The van der Waals surface area contributed by atoms with Gasteiger partial charge in [-0.1, -0.05) is 321 Å². The van der Waals surface area contributed by atoms with Gasteiger partial charge in [-0.25, -0.2) is 0 Å². The first-order valence-corrected chi connectivity index (χ1v) is 33.1. The highest BCUT2D eigenvalue weighted by molar-refractivity contribution is 5.76. The molecule has 0 rings (SSSR count). The maximum atomic E-state index is 12.5. The van der Waals surface area contributed by atoms with Gasteiger partial charge < -0.3 is 20.3 Å². The van der Waals surface area contributed by atoms with Crippen LogP contribution in [-0.4, -0.2) is 47.4 Å². The van der Waals surface area contributed by atoms with Crippen LogP contribution in [0, 0.1) is 0 Å². The van der Waals surface area contributed by atoms with Gasteiger partial charge in [0.05, 0.1) is 25.4 Å². The van der Waals surface area contributed by atoms with Crippen molar-refractivity contribution in [2.45, 2.75) is 379 Å². The number of hydrogen-bond donors (Lipinski definition) is 3. The summed E-state index contributed by atoms with van der Waals surface area (Å²) < 4.78 is 5.47. The number of ether oxygens (including phenoxy) is 1. The predicted octanol–water partition coefficient (Wildman–Crippen LogP) is 21.0. The Kier molecular flexibility index (Phi) is 61.4. The lowest BCUT2D eigenvalue weighted by molar-refractivity contribution is -0.143. The van der Waals surface area contributed by atoms with Crippen LogP contribution in [0.2, 0.25) is 0 Å². The standard InChI is InChI=1S/C67H129NO5/c1-3-5-7-9-11-13-15-16-17-18-30-33-36-40-43-47-51-55-59-65(70)64(63-69)68-66(71)60-56-52-48-44-41-37-34-31-28-26-24-22-20-19-21-23-25-27-29-32-35-38-42-46-50-54-58-62-73-67(72)61-57-53-49-45-39-14-12-10-8-6-4-2/h19-20,23,25,64-65,69-70H,3-18,21-22,24,26-63H2,1-2H3,(H,68,71)/b20-19-,25-23-. The first-order chi connectivity index (χ1) is 36.0. The van der Waals surface area contributed by atoms with E-state index in [9.17, 15) is 19.8 Å². The first-order valence-electron chi connectivity index (χ1n) is 33.1. The highest BCUT2D eigenvalue weighted by atomic mass is 16.5. The molecule has 0 aliphatic rings. The smallest absolute Gasteiger partial charge is 0.305 e. The molecule has 2 atom stereocenters. The molecular formula is C67H129NO5. The number of carbonyl (C=O) groups excluding carboxylic acids is 2. The molecule has 0 bridgehead atoms. The Bertz CT molecular complexity index is 1140. The normalized spacial score (nSPS) is 12.7. The van der Waals surface area contributed by atoms with Crippen LogP contribution in [0.15, 0.2) is 24.3 Å². The Morgan fingerprint density at radius 3 is 1.04 bits per heavy atom. The van der Waals surface area contributed by atoms with Crippen LogP contribution in [0.4, 0.5) is 0 Å². The minimum absolute atomic E-state index is 0.0108. The molecule has 0 spiro atoms. The summed E-state index contributed by atoms with van der Waals surface area (Å²) in [7, 11) is 0. The van der Waals surface area contributed by atoms with E-state index in [1.807, 2.05) is 0 Å². The Balaban J connectivity index is 3.42. The maximum Gasteiger partial charge on any atom is 0.305 e. The van der Waals surface area contributed by atoms with E-state index in [0.29, 0.717) is 25.9 Å². The topological polar surface area (TPSA) is 95.9 Å². The average molecular weight is 1030 g/mol. The Morgan fingerprint density at radius 2 is 0.685 bits per heavy atom. The molecule has 0 saturated heterocycles. The largest absolute Gasteiger partial charge is 0.466 e. The Morgan fingerprint density at radius 1 is 0.384 bits per heavy atom. The molecule has 1 amide bonds. The van der Waals surface area contributed by atoms with Crippen molar-refractivity contribution in [2.24, 2.45) is 0 Å². The Labute approximate surface area is 456 Å². The highest BCUT2D eigenvalue weighted by Gasteiger charge is 2.20. The molecule has 0 saturated carbocycles. The number of amides is 1. The molecule has 6 nitrogen and oxygen atoms in total. The first kappa shape index (κ1) is 71.3. The third-order valence-corrected chi connectivity index (χ3v) is 15.5. The van der Waals surface area contributed by atoms with E-state index >= 15 is 0 Å². The van der Waals surface area contributed by atoms with E-state index in [4.69, 9.17) is 4.74 Å². The summed E-state index contributed by atoms with van der Waals surface area (Å²) in [6.45, 7) is 4.97. The van der Waals surface area contributed by atoms with Gasteiger partial charge in [0, 0.05) is 12.8 Å². The summed E-state index contributed by atoms with van der Waals surface area (Å²) in [6, 6.07) is -0.544. The molecule has 6 heteroatoms. The molecule has 0 aromatic carbocycles. The van der Waals surface area contributed by atoms with E-state index < -0.39 is 12.1 Å². The number of hydrogen-bond acceptors (Lipinski definition) is 5. The molecular weight excluding hydrogens is 899 g/mol. The molecule has 0 radical (unpaired) electrons. The third-order valence-electron chi connectivity index (χ3n) is 15.5. The number of rotatable bonds is 62. The lowest BCUT2D eigenvalue weighted by atomic mass is 10.0. The maximum absolute atomic E-state index is 12.5. The van der Waals surface area contributed by atoms with Crippen LogP contribution in [0.25, 0.3) is 0 Å². The summed E-state index contributed by atoms with van der Waals surface area (Å²) in [5.74, 6) is -0.0240. The number of unbranched alkanes of at least 4 members (excludes halogenated alkanes) is 47. The van der Waals surface area contributed by atoms with Crippen molar-refractivity contribution in [1.29, 1.82) is 0 Å². The fourth-order valence-corrected chi connectivity index (χ4v) is 10.4. The van der Waals surface area contributed by atoms with Crippen LogP contribution in [-0.2, 0) is 14.3 Å². The average Bonchev–Trinajstić information content (AvgIpc) is 3.39. The van der Waals surface area contributed by atoms with Gasteiger partial charge in [0.25, 0.3) is 0 Å². The quantitative estimate of drug-likeness (QED) is 0.0320. The minimum atomic E-state index is -0.667. The number of aliphatic hydroxyl groups excluding tert-OH is 2. The lowest BCUT2D eigenvalue weighted by Crippen LogP contribution is -2.45. The number of aliphatic hydroxyl groups is 2. The molecule has 0 aromatic rings. The monoisotopic (exact) mass is 1030 g/mol. The van der Waals surface area contributed by atoms with Crippen molar-refractivity contribution >= 4 is 11.9 Å². The van der Waals surface area contributed by atoms with E-state index in [1.165, 1.54) is 289 Å². The van der Waals surface area contributed by atoms with Crippen LogP contribution < -0.4 is 5.32 Å². The Hall–Kier alpha value is -1.66. The van der Waals surface area contributed by atoms with Gasteiger partial charge in [0.15, 0.2) is 0 Å². The van der Waals surface area contributed by atoms with Crippen LogP contribution in [0.3, 0.4) is 0 Å². The van der Waals surface area contributed by atoms with Gasteiger partial charge in [-0.2, -0.15) is 0 Å². The number of allylic oxidation sites excluding steroid dienone is 4. The minimum Gasteiger partial charge on any atom is -0.466 e. The lowest BCUT2D eigenvalue weighted by Gasteiger charge is -2.22. The van der Waals surface area contributed by atoms with Gasteiger partial charge >= 0.3 is 5.97 Å². The molecule has 432 valence electrons. The van der Waals surface area contributed by atoms with E-state index in [0.717, 1.165) is 44.9 Å². The van der Waals surface area contributed by atoms with Crippen molar-refractivity contribution in [2.75, 3.05) is 13.2 Å². The summed E-state index contributed by atoms with van der Waals surface area (Å²) in [5, 5.41) is 23.4. The zero-order valence-electron chi connectivity index (χ0n) is 49.4. The molecule has 2 unspecified atom stereocenters. The van der Waals surface area contributed by atoms with Gasteiger partial charge in [-0.15, -0.1) is 0 Å². The second kappa shape index (κ2) is 62.9. The summed E-state index contributed by atoms with van der Waals surface area (Å²) >= 11 is 0. The molecule has 0 heterocycles.